The molecule has 6 heteroatoms. The van der Waals surface area contributed by atoms with Crippen molar-refractivity contribution in [1.82, 2.24) is 14.5 Å². The summed E-state index contributed by atoms with van der Waals surface area (Å²) < 4.78 is 2.10. The predicted octanol–water partition coefficient (Wildman–Crippen LogP) is 4.53. The molecule has 29 heavy (non-hydrogen) atoms. The summed E-state index contributed by atoms with van der Waals surface area (Å²) in [6, 6.07) is 11.3. The number of pyridine rings is 1. The number of benzene rings is 2. The molecular weight excluding hydrogens is 364 g/mol. The third kappa shape index (κ3) is 3.35. The number of hydrogen-bond acceptors (Lipinski definition) is 5. The summed E-state index contributed by atoms with van der Waals surface area (Å²) in [7, 11) is 0. The molecule has 4 aromatic rings. The highest BCUT2D eigenvalue weighted by atomic mass is 16.3. The molecule has 0 spiro atoms. The summed E-state index contributed by atoms with van der Waals surface area (Å²) in [6.45, 7) is 4.65. The van der Waals surface area contributed by atoms with Crippen LogP contribution in [0.1, 0.15) is 43.6 Å². The standard InChI is InChI=1S/C23H26N4O2/c1-3-5-9-19-26-20-21(27(19)13-15-7-6-8-18(28)22(15)29)16-11-10-14(4-2)12-17(16)25-23(20)24/h6-8,10-12,28-29H,3-5,9,13H2,1-2H3,(H2,24,25). The highest BCUT2D eigenvalue weighted by Gasteiger charge is 2.19. The van der Waals surface area contributed by atoms with E-state index in [0.717, 1.165) is 47.9 Å². The van der Waals surface area contributed by atoms with Crippen molar-refractivity contribution in [1.29, 1.82) is 0 Å². The zero-order valence-corrected chi connectivity index (χ0v) is 16.8. The SMILES string of the molecule is CCCCc1nc2c(N)nc3cc(CC)ccc3c2n1Cc1cccc(O)c1O. The van der Waals surface area contributed by atoms with Crippen molar-refractivity contribution in [2.45, 2.75) is 46.1 Å². The van der Waals surface area contributed by atoms with Gasteiger partial charge in [0.2, 0.25) is 0 Å². The summed E-state index contributed by atoms with van der Waals surface area (Å²) >= 11 is 0. The van der Waals surface area contributed by atoms with Gasteiger partial charge < -0.3 is 20.5 Å². The van der Waals surface area contributed by atoms with E-state index in [-0.39, 0.29) is 11.5 Å². The number of nitrogens with two attached hydrogens (primary N) is 1. The third-order valence-electron chi connectivity index (χ3n) is 5.44. The molecule has 2 heterocycles. The Morgan fingerprint density at radius 2 is 1.90 bits per heavy atom. The summed E-state index contributed by atoms with van der Waals surface area (Å²) in [5.41, 5.74) is 10.6. The second-order valence-corrected chi connectivity index (χ2v) is 7.40. The number of aromatic nitrogens is 3. The first-order valence-corrected chi connectivity index (χ1v) is 10.1. The van der Waals surface area contributed by atoms with Gasteiger partial charge in [-0.2, -0.15) is 0 Å². The first kappa shape index (κ1) is 19.1. The lowest BCUT2D eigenvalue weighted by Crippen LogP contribution is -2.06. The topological polar surface area (TPSA) is 97.2 Å². The lowest BCUT2D eigenvalue weighted by atomic mass is 10.1. The summed E-state index contributed by atoms with van der Waals surface area (Å²) in [4.78, 5) is 9.42. The van der Waals surface area contributed by atoms with Crippen LogP contribution in [0.25, 0.3) is 21.9 Å². The van der Waals surface area contributed by atoms with Crippen molar-refractivity contribution in [2.24, 2.45) is 0 Å². The summed E-state index contributed by atoms with van der Waals surface area (Å²) in [5.74, 6) is 1.10. The van der Waals surface area contributed by atoms with E-state index < -0.39 is 0 Å². The summed E-state index contributed by atoms with van der Waals surface area (Å²) in [6.07, 6.45) is 3.78. The van der Waals surface area contributed by atoms with Crippen molar-refractivity contribution < 1.29 is 10.2 Å². The monoisotopic (exact) mass is 390 g/mol. The van der Waals surface area contributed by atoms with Crippen molar-refractivity contribution >= 4 is 27.8 Å². The first-order chi connectivity index (χ1) is 14.0. The number of fused-ring (bicyclic) bond motifs is 3. The number of nitrogens with zero attached hydrogens (tertiary/aromatic N) is 3. The van der Waals surface area contributed by atoms with E-state index >= 15 is 0 Å². The van der Waals surface area contributed by atoms with Crippen LogP contribution in [0, 0.1) is 0 Å². The molecule has 0 saturated carbocycles. The molecule has 4 N–H and O–H groups in total. The van der Waals surface area contributed by atoms with Crippen LogP contribution in [0.15, 0.2) is 36.4 Å². The molecule has 6 nitrogen and oxygen atoms in total. The van der Waals surface area contributed by atoms with Crippen LogP contribution >= 0.6 is 0 Å². The van der Waals surface area contributed by atoms with Crippen LogP contribution in [0.4, 0.5) is 5.82 Å². The fourth-order valence-electron chi connectivity index (χ4n) is 3.80. The molecule has 0 aliphatic rings. The maximum atomic E-state index is 10.4. The van der Waals surface area contributed by atoms with Gasteiger partial charge in [-0.05, 0) is 30.5 Å². The number of nitrogen functional groups attached to an aromatic ring is 1. The van der Waals surface area contributed by atoms with Crippen LogP contribution in [0.2, 0.25) is 0 Å². The van der Waals surface area contributed by atoms with E-state index in [1.165, 1.54) is 11.6 Å². The second-order valence-electron chi connectivity index (χ2n) is 7.40. The van der Waals surface area contributed by atoms with Crippen molar-refractivity contribution in [2.75, 3.05) is 5.73 Å². The highest BCUT2D eigenvalue weighted by Crippen LogP contribution is 2.33. The molecule has 0 radical (unpaired) electrons. The van der Waals surface area contributed by atoms with Crippen molar-refractivity contribution in [3.05, 3.63) is 53.3 Å². The van der Waals surface area contributed by atoms with E-state index in [1.807, 2.05) is 6.07 Å². The lowest BCUT2D eigenvalue weighted by molar-refractivity contribution is 0.398. The van der Waals surface area contributed by atoms with Gasteiger partial charge >= 0.3 is 0 Å². The first-order valence-electron chi connectivity index (χ1n) is 10.1. The molecule has 0 saturated heterocycles. The van der Waals surface area contributed by atoms with Gasteiger partial charge in [-0.25, -0.2) is 9.97 Å². The fourth-order valence-corrected chi connectivity index (χ4v) is 3.80. The van der Waals surface area contributed by atoms with Crippen LogP contribution < -0.4 is 5.73 Å². The van der Waals surface area contributed by atoms with Crippen LogP contribution in [-0.4, -0.2) is 24.7 Å². The molecule has 0 aliphatic heterocycles. The molecule has 0 bridgehead atoms. The number of unbranched alkanes of at least 4 members (excludes halogenated alkanes) is 1. The van der Waals surface area contributed by atoms with Crippen molar-refractivity contribution in [3.8, 4) is 11.5 Å². The predicted molar refractivity (Wildman–Crippen MR) is 116 cm³/mol. The Balaban J connectivity index is 1.99. The lowest BCUT2D eigenvalue weighted by Gasteiger charge is -2.13. The number of phenolic OH excluding ortho intramolecular Hbond substituents is 2. The van der Waals surface area contributed by atoms with E-state index in [2.05, 4.69) is 41.6 Å². The Morgan fingerprint density at radius 1 is 1.07 bits per heavy atom. The normalized spacial score (nSPS) is 11.5. The minimum Gasteiger partial charge on any atom is -0.504 e. The van der Waals surface area contributed by atoms with Gasteiger partial charge in [0.15, 0.2) is 17.3 Å². The van der Waals surface area contributed by atoms with E-state index in [4.69, 9.17) is 10.7 Å². The smallest absolute Gasteiger partial charge is 0.162 e. The molecule has 0 fully saturated rings. The minimum absolute atomic E-state index is 0.101. The molecule has 4 rings (SSSR count). The third-order valence-corrected chi connectivity index (χ3v) is 5.44. The molecule has 2 aromatic heterocycles. The number of imidazole rings is 1. The average molecular weight is 390 g/mol. The Kier molecular flexibility index (Phi) is 5.01. The van der Waals surface area contributed by atoms with Gasteiger partial charge in [-0.15, -0.1) is 0 Å². The van der Waals surface area contributed by atoms with Crippen LogP contribution in [-0.2, 0) is 19.4 Å². The number of anilines is 1. The molecule has 0 unspecified atom stereocenters. The second kappa shape index (κ2) is 7.62. The minimum atomic E-state index is -0.124. The molecule has 0 atom stereocenters. The number of hydrogen-bond donors (Lipinski definition) is 3. The van der Waals surface area contributed by atoms with Crippen LogP contribution in [0.3, 0.4) is 0 Å². The number of para-hydroxylation sites is 1. The average Bonchev–Trinajstić information content (AvgIpc) is 3.08. The Labute approximate surface area is 169 Å². The van der Waals surface area contributed by atoms with Gasteiger partial charge in [-0.1, -0.05) is 44.5 Å². The Hall–Kier alpha value is -3.28. The van der Waals surface area contributed by atoms with Gasteiger partial charge in [0.25, 0.3) is 0 Å². The zero-order chi connectivity index (χ0) is 20.5. The van der Waals surface area contributed by atoms with E-state index in [0.29, 0.717) is 23.4 Å². The maximum Gasteiger partial charge on any atom is 0.162 e. The number of phenols is 2. The quantitative estimate of drug-likeness (QED) is 0.420. The Bertz CT molecular complexity index is 1200. The van der Waals surface area contributed by atoms with Gasteiger partial charge in [0.05, 0.1) is 17.6 Å². The van der Waals surface area contributed by atoms with E-state index in [1.54, 1.807) is 6.07 Å². The van der Waals surface area contributed by atoms with Gasteiger partial charge in [0.1, 0.15) is 11.3 Å². The molecule has 0 aliphatic carbocycles. The van der Waals surface area contributed by atoms with Crippen molar-refractivity contribution in [3.63, 3.8) is 0 Å². The Morgan fingerprint density at radius 3 is 2.66 bits per heavy atom. The maximum absolute atomic E-state index is 10.4. The number of rotatable bonds is 6. The zero-order valence-electron chi connectivity index (χ0n) is 16.8. The summed E-state index contributed by atoms with van der Waals surface area (Å²) in [5, 5.41) is 21.3. The fraction of sp³-hybridized carbons (Fsp3) is 0.304. The molecule has 150 valence electrons. The molecule has 0 amide bonds. The van der Waals surface area contributed by atoms with Crippen LogP contribution in [0.5, 0.6) is 11.5 Å². The van der Waals surface area contributed by atoms with Gasteiger partial charge in [-0.3, -0.25) is 0 Å². The molecular formula is C23H26N4O2. The largest absolute Gasteiger partial charge is 0.504 e. The number of aryl methyl sites for hydroxylation is 2. The van der Waals surface area contributed by atoms with Gasteiger partial charge in [0, 0.05) is 17.4 Å². The highest BCUT2D eigenvalue weighted by molar-refractivity contribution is 6.06. The molecule has 2 aromatic carbocycles. The number of aromatic hydroxyl groups is 2. The van der Waals surface area contributed by atoms with E-state index in [9.17, 15) is 10.2 Å².